The highest BCUT2D eigenvalue weighted by molar-refractivity contribution is 7.11. The Morgan fingerprint density at radius 3 is 2.68 bits per heavy atom. The van der Waals surface area contributed by atoms with Crippen LogP contribution >= 0.6 is 11.3 Å². The lowest BCUT2D eigenvalue weighted by molar-refractivity contribution is 0.147. The van der Waals surface area contributed by atoms with Gasteiger partial charge in [-0.05, 0) is 78.1 Å². The zero-order chi connectivity index (χ0) is 22.9. The lowest BCUT2D eigenvalue weighted by atomic mass is 10.0. The van der Waals surface area contributed by atoms with E-state index in [0.29, 0.717) is 11.6 Å². The van der Waals surface area contributed by atoms with E-state index in [9.17, 15) is 4.79 Å². The maximum Gasteiger partial charge on any atom is 0.416 e. The Bertz CT molecular complexity index is 1310. The molecule has 0 unspecified atom stereocenters. The van der Waals surface area contributed by atoms with E-state index in [-0.39, 0.29) is 12.1 Å². The van der Waals surface area contributed by atoms with Crippen molar-refractivity contribution in [2.75, 3.05) is 18.0 Å². The Labute approximate surface area is 202 Å². The first-order valence-electron chi connectivity index (χ1n) is 11.9. The molecule has 0 radical (unpaired) electrons. The van der Waals surface area contributed by atoms with Crippen LogP contribution in [0.1, 0.15) is 31.2 Å². The van der Waals surface area contributed by atoms with Crippen LogP contribution in [0.4, 0.5) is 10.6 Å². The summed E-state index contributed by atoms with van der Waals surface area (Å²) in [7, 11) is 0. The van der Waals surface area contributed by atoms with Crippen LogP contribution in [0, 0.1) is 0 Å². The van der Waals surface area contributed by atoms with E-state index < -0.39 is 0 Å². The number of benzene rings is 2. The predicted octanol–water partition coefficient (Wildman–Crippen LogP) is 6.12. The minimum atomic E-state index is -0.270. The highest BCUT2D eigenvalue weighted by Crippen LogP contribution is 2.33. The molecule has 2 fully saturated rings. The molecule has 3 heterocycles. The third-order valence-corrected chi connectivity index (χ3v) is 7.28. The van der Waals surface area contributed by atoms with Gasteiger partial charge in [0, 0.05) is 31.1 Å². The summed E-state index contributed by atoms with van der Waals surface area (Å²) in [6.07, 6.45) is 5.87. The van der Waals surface area contributed by atoms with Crippen molar-refractivity contribution in [3.05, 3.63) is 71.9 Å². The number of nitrogens with zero attached hydrogens (tertiary/aromatic N) is 4. The van der Waals surface area contributed by atoms with E-state index >= 15 is 0 Å². The number of carbonyl (C=O) groups is 1. The van der Waals surface area contributed by atoms with Gasteiger partial charge in [0.2, 0.25) is 0 Å². The molecule has 2 aliphatic rings. The highest BCUT2D eigenvalue weighted by atomic mass is 32.1. The zero-order valence-electron chi connectivity index (χ0n) is 18.9. The van der Waals surface area contributed by atoms with Gasteiger partial charge in [0.1, 0.15) is 12.1 Å². The van der Waals surface area contributed by atoms with Gasteiger partial charge in [0.25, 0.3) is 0 Å². The topological polar surface area (TPSA) is 58.6 Å². The van der Waals surface area contributed by atoms with Crippen molar-refractivity contribution in [1.82, 2.24) is 14.9 Å². The van der Waals surface area contributed by atoms with Crippen LogP contribution in [0.25, 0.3) is 22.0 Å². The van der Waals surface area contributed by atoms with Crippen LogP contribution in [0.3, 0.4) is 0 Å². The Morgan fingerprint density at radius 1 is 1.03 bits per heavy atom. The number of anilines is 1. The van der Waals surface area contributed by atoms with Gasteiger partial charge in [-0.15, -0.1) is 11.3 Å². The van der Waals surface area contributed by atoms with Crippen molar-refractivity contribution in [2.24, 2.45) is 0 Å². The maximum atomic E-state index is 12.9. The molecule has 0 bridgehead atoms. The monoisotopic (exact) mass is 470 g/mol. The van der Waals surface area contributed by atoms with Gasteiger partial charge in [0.15, 0.2) is 5.06 Å². The quantitative estimate of drug-likeness (QED) is 0.340. The van der Waals surface area contributed by atoms with Gasteiger partial charge in [-0.1, -0.05) is 24.3 Å². The molecule has 6 nitrogen and oxygen atoms in total. The molecule has 1 saturated carbocycles. The number of hydrogen-bond donors (Lipinski definition) is 0. The summed E-state index contributed by atoms with van der Waals surface area (Å²) in [5.41, 5.74) is 4.31. The summed E-state index contributed by atoms with van der Waals surface area (Å²) in [5, 5.41) is 3.64. The first-order chi connectivity index (χ1) is 16.7. The molecule has 7 heteroatoms. The molecular formula is C27H26N4O2S. The van der Waals surface area contributed by atoms with E-state index in [1.54, 1.807) is 6.33 Å². The summed E-state index contributed by atoms with van der Waals surface area (Å²) < 4.78 is 5.60. The second kappa shape index (κ2) is 9.06. The van der Waals surface area contributed by atoms with Crippen LogP contribution in [0.2, 0.25) is 0 Å². The normalized spacial score (nSPS) is 15.6. The van der Waals surface area contributed by atoms with Crippen molar-refractivity contribution in [3.8, 4) is 16.2 Å². The molecule has 1 amide bonds. The van der Waals surface area contributed by atoms with Gasteiger partial charge in [-0.3, -0.25) is 0 Å². The second-order valence-corrected chi connectivity index (χ2v) is 9.89. The molecule has 2 aromatic heterocycles. The highest BCUT2D eigenvalue weighted by Gasteiger charge is 2.34. The molecule has 6 rings (SSSR count). The first-order valence-corrected chi connectivity index (χ1v) is 12.7. The SMILES string of the molecule is O=C(Oc1cccs1)N(Cc1cccc(-c2ccc3ncnc(N4CCCC4)c3c2)c1)C1CC1. The van der Waals surface area contributed by atoms with Crippen molar-refractivity contribution in [3.63, 3.8) is 0 Å². The van der Waals surface area contributed by atoms with Crippen molar-refractivity contribution in [2.45, 2.75) is 38.3 Å². The van der Waals surface area contributed by atoms with Crippen LogP contribution in [0.15, 0.2) is 66.3 Å². The van der Waals surface area contributed by atoms with Gasteiger partial charge in [0.05, 0.1) is 5.52 Å². The van der Waals surface area contributed by atoms with E-state index in [1.807, 2.05) is 22.4 Å². The number of hydrogen-bond acceptors (Lipinski definition) is 6. The average Bonchev–Trinajstić information content (AvgIpc) is 3.31. The fourth-order valence-corrected chi connectivity index (χ4v) is 5.21. The number of ether oxygens (including phenoxy) is 1. The molecule has 34 heavy (non-hydrogen) atoms. The molecule has 1 aliphatic heterocycles. The minimum Gasteiger partial charge on any atom is -0.399 e. The maximum absolute atomic E-state index is 12.9. The first kappa shape index (κ1) is 21.1. The number of amides is 1. The smallest absolute Gasteiger partial charge is 0.399 e. The van der Waals surface area contributed by atoms with Gasteiger partial charge >= 0.3 is 6.09 Å². The molecule has 1 saturated heterocycles. The van der Waals surface area contributed by atoms with Crippen LogP contribution in [-0.2, 0) is 6.54 Å². The molecule has 0 atom stereocenters. The van der Waals surface area contributed by atoms with E-state index in [0.717, 1.165) is 59.3 Å². The molecular weight excluding hydrogens is 444 g/mol. The third kappa shape index (κ3) is 4.35. The van der Waals surface area contributed by atoms with E-state index in [2.05, 4.69) is 57.3 Å². The Morgan fingerprint density at radius 2 is 1.88 bits per heavy atom. The summed E-state index contributed by atoms with van der Waals surface area (Å²) in [4.78, 5) is 26.2. The number of thiophene rings is 1. The van der Waals surface area contributed by atoms with Crippen LogP contribution in [-0.4, -0.2) is 40.1 Å². The standard InChI is InChI=1S/C27H26N4O2S/c32-27(33-25-7-4-14-34-25)31(22-9-10-22)17-19-5-3-6-20(15-19)21-8-11-24-23(16-21)26(29-18-28-24)30-12-1-2-13-30/h3-8,11,14-16,18,22H,1-2,9-10,12-13,17H2. The van der Waals surface area contributed by atoms with Gasteiger partial charge < -0.3 is 14.5 Å². The molecule has 0 N–H and O–H groups in total. The van der Waals surface area contributed by atoms with Crippen molar-refractivity contribution < 1.29 is 9.53 Å². The lowest BCUT2D eigenvalue weighted by Crippen LogP contribution is -2.34. The van der Waals surface area contributed by atoms with Gasteiger partial charge in [-0.25, -0.2) is 14.8 Å². The summed E-state index contributed by atoms with van der Waals surface area (Å²) >= 11 is 1.43. The Hall–Kier alpha value is -3.45. The molecule has 4 aromatic rings. The third-order valence-electron chi connectivity index (χ3n) is 6.54. The largest absolute Gasteiger partial charge is 0.416 e. The summed E-state index contributed by atoms with van der Waals surface area (Å²) in [6.45, 7) is 2.63. The summed E-state index contributed by atoms with van der Waals surface area (Å²) in [5.74, 6) is 1.02. The van der Waals surface area contributed by atoms with E-state index in [4.69, 9.17) is 4.74 Å². The molecule has 0 spiro atoms. The number of fused-ring (bicyclic) bond motifs is 1. The number of aromatic nitrogens is 2. The summed E-state index contributed by atoms with van der Waals surface area (Å²) in [6, 6.07) is 18.8. The number of rotatable bonds is 6. The van der Waals surface area contributed by atoms with Crippen LogP contribution < -0.4 is 9.64 Å². The molecule has 1 aliphatic carbocycles. The zero-order valence-corrected chi connectivity index (χ0v) is 19.7. The second-order valence-electron chi connectivity index (χ2n) is 8.98. The predicted molar refractivity (Wildman–Crippen MR) is 135 cm³/mol. The van der Waals surface area contributed by atoms with Crippen molar-refractivity contribution >= 4 is 34.2 Å². The molecule has 172 valence electrons. The Kier molecular flexibility index (Phi) is 5.63. The van der Waals surface area contributed by atoms with Gasteiger partial charge in [-0.2, -0.15) is 0 Å². The fourth-order valence-electron chi connectivity index (χ4n) is 4.64. The lowest BCUT2D eigenvalue weighted by Gasteiger charge is -2.22. The minimum absolute atomic E-state index is 0.261. The van der Waals surface area contributed by atoms with E-state index in [1.165, 1.54) is 24.2 Å². The number of carbonyl (C=O) groups excluding carboxylic acids is 1. The molecule has 2 aromatic carbocycles. The van der Waals surface area contributed by atoms with Crippen LogP contribution in [0.5, 0.6) is 5.06 Å². The average molecular weight is 471 g/mol. The Balaban J connectivity index is 1.27. The van der Waals surface area contributed by atoms with Crippen molar-refractivity contribution in [1.29, 1.82) is 0 Å². The fraction of sp³-hybridized carbons (Fsp3) is 0.296.